The van der Waals surface area contributed by atoms with Crippen molar-refractivity contribution in [3.8, 4) is 0 Å². The van der Waals surface area contributed by atoms with Crippen molar-refractivity contribution in [1.82, 2.24) is 4.98 Å². The first-order chi connectivity index (χ1) is 8.59. The highest BCUT2D eigenvalue weighted by atomic mass is 35.5. The van der Waals surface area contributed by atoms with E-state index in [0.29, 0.717) is 0 Å². The number of hydrogen-bond donors (Lipinski definition) is 0. The number of rotatable bonds is 3. The van der Waals surface area contributed by atoms with Crippen LogP contribution < -0.4 is 0 Å². The molecule has 2 aromatic rings. The van der Waals surface area contributed by atoms with E-state index >= 15 is 0 Å². The topological polar surface area (TPSA) is 12.9 Å². The molecule has 0 radical (unpaired) electrons. The Morgan fingerprint density at radius 2 is 1.72 bits per heavy atom. The Balaban J connectivity index is 2.28. The molecule has 1 nitrogen and oxygen atoms in total. The smallest absolute Gasteiger partial charge is 0.0653 e. The molecular formula is C16H18ClN. The third-order valence-electron chi connectivity index (χ3n) is 3.39. The van der Waals surface area contributed by atoms with Gasteiger partial charge in [0, 0.05) is 18.3 Å². The summed E-state index contributed by atoms with van der Waals surface area (Å²) in [6.45, 7) is 6.38. The summed E-state index contributed by atoms with van der Waals surface area (Å²) in [4.78, 5) is 4.05. The summed E-state index contributed by atoms with van der Waals surface area (Å²) in [5.74, 6) is 0.274. The van der Waals surface area contributed by atoms with Gasteiger partial charge in [0.25, 0.3) is 0 Å². The average Bonchev–Trinajstić information content (AvgIpc) is 2.38. The lowest BCUT2D eigenvalue weighted by atomic mass is 9.91. The van der Waals surface area contributed by atoms with Crippen molar-refractivity contribution in [3.63, 3.8) is 0 Å². The number of aryl methyl sites for hydroxylation is 2. The van der Waals surface area contributed by atoms with Crippen LogP contribution in [0.25, 0.3) is 0 Å². The van der Waals surface area contributed by atoms with E-state index in [0.717, 1.165) is 0 Å². The zero-order valence-electron chi connectivity index (χ0n) is 11.0. The Hall–Kier alpha value is -1.34. The maximum atomic E-state index is 6.63. The van der Waals surface area contributed by atoms with E-state index in [1.54, 1.807) is 0 Å². The first-order valence-corrected chi connectivity index (χ1v) is 6.64. The number of hydrogen-bond acceptors (Lipinski definition) is 1. The Kier molecular flexibility index (Phi) is 4.03. The molecule has 18 heavy (non-hydrogen) atoms. The highest BCUT2D eigenvalue weighted by molar-refractivity contribution is 6.21. The fourth-order valence-corrected chi connectivity index (χ4v) is 2.63. The zero-order valence-corrected chi connectivity index (χ0v) is 11.8. The molecule has 0 aliphatic rings. The molecule has 1 heterocycles. The van der Waals surface area contributed by atoms with E-state index in [2.05, 4.69) is 44.0 Å². The highest BCUT2D eigenvalue weighted by Crippen LogP contribution is 2.37. The molecule has 1 aromatic carbocycles. The maximum Gasteiger partial charge on any atom is 0.0653 e. The average molecular weight is 260 g/mol. The molecule has 2 rings (SSSR count). The molecule has 94 valence electrons. The molecule has 2 atom stereocenters. The van der Waals surface area contributed by atoms with Crippen molar-refractivity contribution >= 4 is 11.6 Å². The SMILES string of the molecule is Cc1ccc(C(Cl)C(C)c2ccncc2)c(C)c1. The Labute approximate surface area is 114 Å². The third kappa shape index (κ3) is 2.73. The Morgan fingerprint density at radius 3 is 2.33 bits per heavy atom. The lowest BCUT2D eigenvalue weighted by Gasteiger charge is -2.20. The molecule has 0 aliphatic carbocycles. The molecule has 0 saturated carbocycles. The van der Waals surface area contributed by atoms with Crippen LogP contribution in [0, 0.1) is 13.8 Å². The van der Waals surface area contributed by atoms with Crippen molar-refractivity contribution in [3.05, 3.63) is 65.0 Å². The van der Waals surface area contributed by atoms with E-state index in [1.807, 2.05) is 24.5 Å². The van der Waals surface area contributed by atoms with Gasteiger partial charge in [-0.05, 0) is 42.7 Å². The summed E-state index contributed by atoms with van der Waals surface area (Å²) in [6, 6.07) is 10.5. The van der Waals surface area contributed by atoms with Crippen LogP contribution >= 0.6 is 11.6 Å². The molecule has 0 fully saturated rings. The van der Waals surface area contributed by atoms with Crippen LogP contribution in [0.5, 0.6) is 0 Å². The second-order valence-corrected chi connectivity index (χ2v) is 5.30. The number of pyridine rings is 1. The molecule has 2 unspecified atom stereocenters. The van der Waals surface area contributed by atoms with Crippen LogP contribution in [-0.2, 0) is 0 Å². The van der Waals surface area contributed by atoms with Gasteiger partial charge >= 0.3 is 0 Å². The monoisotopic (exact) mass is 259 g/mol. The Morgan fingerprint density at radius 1 is 1.06 bits per heavy atom. The van der Waals surface area contributed by atoms with Gasteiger partial charge in [-0.3, -0.25) is 4.98 Å². The third-order valence-corrected chi connectivity index (χ3v) is 4.01. The number of nitrogens with zero attached hydrogens (tertiary/aromatic N) is 1. The van der Waals surface area contributed by atoms with E-state index in [9.17, 15) is 0 Å². The zero-order chi connectivity index (χ0) is 13.1. The van der Waals surface area contributed by atoms with Crippen LogP contribution in [0.4, 0.5) is 0 Å². The standard InChI is InChI=1S/C16H18ClN/c1-11-4-5-15(12(2)10-11)16(17)13(3)14-6-8-18-9-7-14/h4-10,13,16H,1-3H3. The normalized spacial score (nSPS) is 14.2. The van der Waals surface area contributed by atoms with E-state index in [-0.39, 0.29) is 11.3 Å². The molecule has 0 saturated heterocycles. The van der Waals surface area contributed by atoms with Crippen molar-refractivity contribution in [2.75, 3.05) is 0 Å². The molecule has 0 aliphatic heterocycles. The van der Waals surface area contributed by atoms with Gasteiger partial charge in [-0.25, -0.2) is 0 Å². The highest BCUT2D eigenvalue weighted by Gasteiger charge is 2.19. The number of alkyl halides is 1. The maximum absolute atomic E-state index is 6.63. The van der Waals surface area contributed by atoms with E-state index in [4.69, 9.17) is 11.6 Å². The summed E-state index contributed by atoms with van der Waals surface area (Å²) >= 11 is 6.63. The first-order valence-electron chi connectivity index (χ1n) is 6.20. The molecule has 0 N–H and O–H groups in total. The van der Waals surface area contributed by atoms with Gasteiger partial charge in [0.05, 0.1) is 5.38 Å². The lowest BCUT2D eigenvalue weighted by molar-refractivity contribution is 0.726. The van der Waals surface area contributed by atoms with Gasteiger partial charge in [-0.1, -0.05) is 30.7 Å². The largest absolute Gasteiger partial charge is 0.265 e. The molecule has 1 aromatic heterocycles. The number of benzene rings is 1. The lowest BCUT2D eigenvalue weighted by Crippen LogP contribution is -2.04. The van der Waals surface area contributed by atoms with E-state index in [1.165, 1.54) is 22.3 Å². The summed E-state index contributed by atoms with van der Waals surface area (Å²) in [6.07, 6.45) is 3.63. The molecule has 0 spiro atoms. The Bertz CT molecular complexity index is 522. The van der Waals surface area contributed by atoms with Gasteiger partial charge in [-0.2, -0.15) is 0 Å². The molecular weight excluding hydrogens is 242 g/mol. The van der Waals surface area contributed by atoms with Crippen LogP contribution in [-0.4, -0.2) is 4.98 Å². The fraction of sp³-hybridized carbons (Fsp3) is 0.312. The molecule has 0 amide bonds. The minimum Gasteiger partial charge on any atom is -0.265 e. The van der Waals surface area contributed by atoms with Crippen LogP contribution in [0.1, 0.15) is 40.5 Å². The summed E-state index contributed by atoms with van der Waals surface area (Å²) in [5, 5.41) is -0.00648. The van der Waals surface area contributed by atoms with Crippen molar-refractivity contribution in [1.29, 1.82) is 0 Å². The second kappa shape index (κ2) is 5.53. The summed E-state index contributed by atoms with van der Waals surface area (Å²) in [7, 11) is 0. The second-order valence-electron chi connectivity index (χ2n) is 4.83. The predicted molar refractivity (Wildman–Crippen MR) is 77.2 cm³/mol. The van der Waals surface area contributed by atoms with Gasteiger partial charge in [-0.15, -0.1) is 11.6 Å². The molecule has 0 bridgehead atoms. The van der Waals surface area contributed by atoms with Crippen molar-refractivity contribution in [2.45, 2.75) is 32.1 Å². The van der Waals surface area contributed by atoms with Gasteiger partial charge in [0.2, 0.25) is 0 Å². The van der Waals surface area contributed by atoms with Gasteiger partial charge in [0.1, 0.15) is 0 Å². The predicted octanol–water partition coefficient (Wildman–Crippen LogP) is 4.78. The summed E-state index contributed by atoms with van der Waals surface area (Å²) < 4.78 is 0. The number of halogens is 1. The van der Waals surface area contributed by atoms with Crippen molar-refractivity contribution < 1.29 is 0 Å². The van der Waals surface area contributed by atoms with Crippen LogP contribution in [0.3, 0.4) is 0 Å². The van der Waals surface area contributed by atoms with Crippen LogP contribution in [0.2, 0.25) is 0 Å². The minimum atomic E-state index is -0.00648. The van der Waals surface area contributed by atoms with E-state index < -0.39 is 0 Å². The fourth-order valence-electron chi connectivity index (χ4n) is 2.24. The summed E-state index contributed by atoms with van der Waals surface area (Å²) in [5.41, 5.74) is 4.98. The van der Waals surface area contributed by atoms with Crippen LogP contribution in [0.15, 0.2) is 42.7 Å². The first kappa shape index (κ1) is 13.1. The van der Waals surface area contributed by atoms with Gasteiger partial charge in [0.15, 0.2) is 0 Å². The minimum absolute atomic E-state index is 0.00648. The number of aromatic nitrogens is 1. The van der Waals surface area contributed by atoms with Gasteiger partial charge < -0.3 is 0 Å². The van der Waals surface area contributed by atoms with Crippen molar-refractivity contribution in [2.24, 2.45) is 0 Å². The molecule has 2 heteroatoms. The quantitative estimate of drug-likeness (QED) is 0.723.